The number of nitrogens with zero attached hydrogens (tertiary/aromatic N) is 2. The van der Waals surface area contributed by atoms with E-state index in [2.05, 4.69) is 0 Å². The number of hydrogen-bond acceptors (Lipinski definition) is 5. The molecule has 7 nitrogen and oxygen atoms in total. The zero-order valence-corrected chi connectivity index (χ0v) is 22.2. The molecule has 0 aromatic heterocycles. The highest BCUT2D eigenvalue weighted by atomic mass is 35.5. The molecule has 2 unspecified atom stereocenters. The minimum absolute atomic E-state index is 0.202. The van der Waals surface area contributed by atoms with Gasteiger partial charge in [0.05, 0.1) is 4.90 Å². The molecule has 0 bridgehead atoms. The molecule has 0 saturated carbocycles. The Bertz CT molecular complexity index is 1350. The largest absolute Gasteiger partial charge is 0.528 e. The number of sulfone groups is 1. The van der Waals surface area contributed by atoms with Crippen molar-refractivity contribution in [3.05, 3.63) is 64.8 Å². The van der Waals surface area contributed by atoms with Crippen molar-refractivity contribution in [3.8, 4) is 0 Å². The van der Waals surface area contributed by atoms with Crippen LogP contribution in [0.15, 0.2) is 59.1 Å². The second-order valence-corrected chi connectivity index (χ2v) is 12.5. The maximum atomic E-state index is 14.7. The molecule has 192 valence electrons. The van der Waals surface area contributed by atoms with Crippen molar-refractivity contribution in [1.82, 2.24) is 9.61 Å². The summed E-state index contributed by atoms with van der Waals surface area (Å²) in [6, 6.07) is 12.0. The molecule has 2 aliphatic rings. The first-order valence-electron chi connectivity index (χ1n) is 11.7. The molecule has 0 radical (unpaired) electrons. The molecular formula is C26H29ClFN2O5S+. The van der Waals surface area contributed by atoms with E-state index in [0.717, 1.165) is 19.0 Å². The van der Waals surface area contributed by atoms with Crippen LogP contribution in [-0.4, -0.2) is 43.6 Å². The smallest absolute Gasteiger partial charge is 0.414 e. The Balaban J connectivity index is 2.15. The highest BCUT2D eigenvalue weighted by molar-refractivity contribution is 7.92. The Morgan fingerprint density at radius 2 is 1.72 bits per heavy atom. The number of hydrogen-bond donors (Lipinski definition) is 0. The molecule has 1 aliphatic carbocycles. The van der Waals surface area contributed by atoms with Gasteiger partial charge in [-0.2, -0.15) is 9.92 Å². The zero-order chi connectivity index (χ0) is 26.5. The normalized spacial score (nSPS) is 20.4. The first-order valence-corrected chi connectivity index (χ1v) is 13.6. The fourth-order valence-corrected chi connectivity index (χ4v) is 7.20. The average Bonchev–Trinajstić information content (AvgIpc) is 3.09. The van der Waals surface area contributed by atoms with Gasteiger partial charge in [-0.25, -0.2) is 8.42 Å². The predicted molar refractivity (Wildman–Crippen MR) is 136 cm³/mol. The molecule has 2 aromatic carbocycles. The van der Waals surface area contributed by atoms with Gasteiger partial charge in [-0.15, -0.1) is 4.48 Å². The lowest BCUT2D eigenvalue weighted by atomic mass is 9.93. The van der Waals surface area contributed by atoms with Crippen molar-refractivity contribution >= 4 is 44.7 Å². The fourth-order valence-electron chi connectivity index (χ4n) is 5.08. The molecule has 0 N–H and O–H groups in total. The molecule has 36 heavy (non-hydrogen) atoms. The quantitative estimate of drug-likeness (QED) is 0.353. The van der Waals surface area contributed by atoms with E-state index < -0.39 is 37.3 Å². The zero-order valence-electron chi connectivity index (χ0n) is 20.6. The van der Waals surface area contributed by atoms with Gasteiger partial charge in [-0.3, -0.25) is 4.79 Å². The number of benzene rings is 2. The van der Waals surface area contributed by atoms with Gasteiger partial charge in [0, 0.05) is 35.7 Å². The van der Waals surface area contributed by atoms with Crippen LogP contribution in [-0.2, 0) is 19.4 Å². The summed E-state index contributed by atoms with van der Waals surface area (Å²) in [7, 11) is -3.79. The van der Waals surface area contributed by atoms with Crippen LogP contribution in [0.25, 0.3) is 5.57 Å². The van der Waals surface area contributed by atoms with Gasteiger partial charge in [0.2, 0.25) is 9.84 Å². The Hall–Kier alpha value is -2.75. The lowest BCUT2D eigenvalue weighted by Gasteiger charge is -2.40. The van der Waals surface area contributed by atoms with Crippen LogP contribution < -0.4 is 4.48 Å². The lowest BCUT2D eigenvalue weighted by molar-refractivity contribution is -0.145. The van der Waals surface area contributed by atoms with E-state index in [-0.39, 0.29) is 15.7 Å². The molecule has 0 fully saturated rings. The number of carbonyl (C=O) groups excluding carboxylic acids is 2. The van der Waals surface area contributed by atoms with Crippen LogP contribution in [0.4, 0.5) is 15.0 Å². The van der Waals surface area contributed by atoms with Crippen LogP contribution in [0, 0.1) is 0 Å². The van der Waals surface area contributed by atoms with Gasteiger partial charge in [-0.1, -0.05) is 34.3 Å². The first-order chi connectivity index (χ1) is 16.8. The number of halogens is 2. The Kier molecular flexibility index (Phi) is 6.79. The molecular weight excluding hydrogens is 507 g/mol. The molecule has 2 amide bonds. The number of quaternary nitrogens is 1. The lowest BCUT2D eigenvalue weighted by Crippen LogP contribution is -2.67. The van der Waals surface area contributed by atoms with Gasteiger partial charge in [0.1, 0.15) is 11.3 Å². The minimum atomic E-state index is -4.62. The third-order valence-electron chi connectivity index (χ3n) is 6.44. The number of carbonyl (C=O) groups is 2. The maximum absolute atomic E-state index is 14.7. The summed E-state index contributed by atoms with van der Waals surface area (Å²) in [5, 5.41) is -2.06. The summed E-state index contributed by atoms with van der Waals surface area (Å²) in [4.78, 5) is 27.6. The van der Waals surface area contributed by atoms with E-state index in [1.165, 1.54) is 30.3 Å². The number of allylic oxidation sites excluding steroid dienone is 2. The Morgan fingerprint density at radius 1 is 1.08 bits per heavy atom. The van der Waals surface area contributed by atoms with Gasteiger partial charge >= 0.3 is 12.0 Å². The molecule has 0 saturated heterocycles. The van der Waals surface area contributed by atoms with Crippen molar-refractivity contribution in [2.24, 2.45) is 0 Å². The molecule has 1 heterocycles. The number of amides is 2. The van der Waals surface area contributed by atoms with Gasteiger partial charge in [-0.05, 0) is 64.3 Å². The monoisotopic (exact) mass is 535 g/mol. The van der Waals surface area contributed by atoms with Crippen LogP contribution >= 0.6 is 11.6 Å². The summed E-state index contributed by atoms with van der Waals surface area (Å²) in [6.07, 6.45) is 1.42. The number of rotatable bonds is 4. The second kappa shape index (κ2) is 9.28. The maximum Gasteiger partial charge on any atom is 0.528 e. The van der Waals surface area contributed by atoms with Crippen LogP contribution in [0.5, 0.6) is 0 Å². The summed E-state index contributed by atoms with van der Waals surface area (Å²) in [5.41, 5.74) is 0.962. The van der Waals surface area contributed by atoms with E-state index >= 15 is 0 Å². The summed E-state index contributed by atoms with van der Waals surface area (Å²) < 4.78 is 47.8. The molecule has 2 atom stereocenters. The van der Waals surface area contributed by atoms with Crippen molar-refractivity contribution < 1.29 is 27.2 Å². The van der Waals surface area contributed by atoms with E-state index in [1.807, 2.05) is 0 Å². The van der Waals surface area contributed by atoms with Crippen LogP contribution in [0.3, 0.4) is 0 Å². The molecule has 0 spiro atoms. The molecule has 4 rings (SSSR count). The summed E-state index contributed by atoms with van der Waals surface area (Å²) in [6.45, 7) is 4.96. The van der Waals surface area contributed by atoms with E-state index in [9.17, 15) is 22.5 Å². The van der Waals surface area contributed by atoms with Gasteiger partial charge in [0.15, 0.2) is 5.69 Å². The standard InChI is InChI=1S/C26H29ClFN2O5S/c1-26(2,3)35-25(32)30(21-13-9-8-12-19(21)20-16-17(27)14-15-22(20)30)24(23(31)29(4)28)36(33,34)18-10-6-5-7-11-18/h5-7,10-11,14-16,24H,8-9,12-13H2,1-4H3/q+1. The Labute approximate surface area is 215 Å². The van der Waals surface area contributed by atoms with Crippen LogP contribution in [0.1, 0.15) is 52.0 Å². The molecule has 10 heteroatoms. The van der Waals surface area contributed by atoms with Gasteiger partial charge < -0.3 is 4.74 Å². The van der Waals surface area contributed by atoms with Crippen molar-refractivity contribution in [2.45, 2.75) is 62.3 Å². The highest BCUT2D eigenvalue weighted by Gasteiger charge is 2.66. The van der Waals surface area contributed by atoms with Crippen molar-refractivity contribution in [3.63, 3.8) is 0 Å². The molecule has 1 aliphatic heterocycles. The number of fused-ring (bicyclic) bond motifs is 2. The average molecular weight is 536 g/mol. The Morgan fingerprint density at radius 3 is 2.33 bits per heavy atom. The van der Waals surface area contributed by atoms with E-state index in [4.69, 9.17) is 16.3 Å². The van der Waals surface area contributed by atoms with Crippen LogP contribution in [0.2, 0.25) is 5.02 Å². The third kappa shape index (κ3) is 4.23. The topological polar surface area (TPSA) is 80.8 Å². The van der Waals surface area contributed by atoms with E-state index in [1.54, 1.807) is 39.0 Å². The van der Waals surface area contributed by atoms with E-state index in [0.29, 0.717) is 35.5 Å². The van der Waals surface area contributed by atoms with Crippen molar-refractivity contribution in [1.29, 1.82) is 0 Å². The third-order valence-corrected chi connectivity index (χ3v) is 8.71. The summed E-state index contributed by atoms with van der Waals surface area (Å²) in [5.74, 6) is -1.37. The van der Waals surface area contributed by atoms with Gasteiger partial charge in [0.25, 0.3) is 5.37 Å². The predicted octanol–water partition coefficient (Wildman–Crippen LogP) is 6.02. The van der Waals surface area contributed by atoms with Crippen molar-refractivity contribution in [2.75, 3.05) is 7.05 Å². The minimum Gasteiger partial charge on any atom is -0.414 e. The number of ether oxygens (including phenoxy) is 1. The highest BCUT2D eigenvalue weighted by Crippen LogP contribution is 2.55. The number of likely N-dealkylation sites (N-methyl/N-ethyl adjacent to an activating group) is 1. The second-order valence-electron chi connectivity index (χ2n) is 10.0. The fraction of sp³-hybridized carbons (Fsp3) is 0.385. The molecule has 2 aromatic rings. The first kappa shape index (κ1) is 26.3. The summed E-state index contributed by atoms with van der Waals surface area (Å²) >= 11 is 6.31. The SMILES string of the molecule is CN(F)C(=O)C([N+]1(C(=O)OC(C)(C)C)C2=C(CCCC2)c2cc(Cl)ccc21)S(=O)(=O)c1ccccc1.